The van der Waals surface area contributed by atoms with E-state index in [1.165, 1.54) is 5.56 Å². The van der Waals surface area contributed by atoms with E-state index in [0.29, 0.717) is 18.7 Å². The molecule has 0 saturated carbocycles. The Kier molecular flexibility index (Phi) is 5.81. The van der Waals surface area contributed by atoms with Gasteiger partial charge in [-0.05, 0) is 53.0 Å². The van der Waals surface area contributed by atoms with Crippen LogP contribution in [0.1, 0.15) is 22.8 Å². The summed E-state index contributed by atoms with van der Waals surface area (Å²) in [4.78, 5) is 12.1. The Hall–Kier alpha value is -1.81. The predicted octanol–water partition coefficient (Wildman–Crippen LogP) is 3.82. The van der Waals surface area contributed by atoms with Gasteiger partial charge in [-0.25, -0.2) is 0 Å². The van der Waals surface area contributed by atoms with Crippen LogP contribution in [-0.4, -0.2) is 19.1 Å². The van der Waals surface area contributed by atoms with Gasteiger partial charge < -0.3 is 10.1 Å². The van der Waals surface area contributed by atoms with Crippen molar-refractivity contribution < 1.29 is 9.53 Å². The minimum absolute atomic E-state index is 0.0744. The summed E-state index contributed by atoms with van der Waals surface area (Å²) in [6, 6.07) is 15.5. The Morgan fingerprint density at radius 2 is 1.95 bits per heavy atom. The van der Waals surface area contributed by atoms with Crippen molar-refractivity contribution in [2.24, 2.45) is 0 Å². The van der Waals surface area contributed by atoms with Crippen molar-refractivity contribution in [1.29, 1.82) is 0 Å². The van der Waals surface area contributed by atoms with Crippen LogP contribution >= 0.6 is 15.9 Å². The molecule has 21 heavy (non-hydrogen) atoms. The van der Waals surface area contributed by atoms with Gasteiger partial charge in [-0.3, -0.25) is 4.79 Å². The van der Waals surface area contributed by atoms with Gasteiger partial charge in [-0.2, -0.15) is 0 Å². The third kappa shape index (κ3) is 4.60. The summed E-state index contributed by atoms with van der Waals surface area (Å²) in [5, 5.41) is 2.93. The molecule has 0 saturated heterocycles. The monoisotopic (exact) mass is 347 g/mol. The Labute approximate surface area is 133 Å². The van der Waals surface area contributed by atoms with Crippen LogP contribution < -0.4 is 10.1 Å². The zero-order chi connectivity index (χ0) is 15.1. The van der Waals surface area contributed by atoms with Gasteiger partial charge >= 0.3 is 0 Å². The third-order valence-electron chi connectivity index (χ3n) is 3.04. The van der Waals surface area contributed by atoms with Crippen molar-refractivity contribution in [2.45, 2.75) is 13.3 Å². The largest absolute Gasteiger partial charge is 0.493 e. The second-order valence-corrected chi connectivity index (χ2v) is 5.42. The Balaban J connectivity index is 1.90. The first-order valence-electron chi connectivity index (χ1n) is 6.95. The number of benzene rings is 2. The van der Waals surface area contributed by atoms with Crippen LogP contribution in [0, 0.1) is 0 Å². The molecule has 0 aliphatic rings. The SMILES string of the molecule is CCOc1ccc(C(=O)NCCc2ccccc2)cc1Br. The molecule has 1 amide bonds. The fraction of sp³-hybridized carbons (Fsp3) is 0.235. The summed E-state index contributed by atoms with van der Waals surface area (Å²) in [7, 11) is 0. The van der Waals surface area contributed by atoms with Gasteiger partial charge in [0.05, 0.1) is 11.1 Å². The zero-order valence-electron chi connectivity index (χ0n) is 11.9. The summed E-state index contributed by atoms with van der Waals surface area (Å²) < 4.78 is 6.22. The summed E-state index contributed by atoms with van der Waals surface area (Å²) in [5.41, 5.74) is 1.84. The van der Waals surface area contributed by atoms with Crippen molar-refractivity contribution in [3.63, 3.8) is 0 Å². The summed E-state index contributed by atoms with van der Waals surface area (Å²) >= 11 is 3.42. The molecule has 0 bridgehead atoms. The van der Waals surface area contributed by atoms with Gasteiger partial charge in [0.25, 0.3) is 5.91 Å². The zero-order valence-corrected chi connectivity index (χ0v) is 13.5. The van der Waals surface area contributed by atoms with E-state index in [1.807, 2.05) is 25.1 Å². The van der Waals surface area contributed by atoms with E-state index in [1.54, 1.807) is 18.2 Å². The van der Waals surface area contributed by atoms with E-state index < -0.39 is 0 Å². The number of nitrogens with one attached hydrogen (secondary N) is 1. The van der Waals surface area contributed by atoms with Crippen molar-refractivity contribution in [1.82, 2.24) is 5.32 Å². The number of carbonyl (C=O) groups excluding carboxylic acids is 1. The first-order chi connectivity index (χ1) is 10.2. The highest BCUT2D eigenvalue weighted by Gasteiger charge is 2.08. The Bertz CT molecular complexity index is 599. The lowest BCUT2D eigenvalue weighted by Gasteiger charge is -2.09. The number of rotatable bonds is 6. The number of ether oxygens (including phenoxy) is 1. The molecule has 0 aliphatic heterocycles. The molecule has 3 nitrogen and oxygen atoms in total. The molecule has 4 heteroatoms. The highest BCUT2D eigenvalue weighted by molar-refractivity contribution is 9.10. The lowest BCUT2D eigenvalue weighted by atomic mass is 10.1. The van der Waals surface area contributed by atoms with Gasteiger partial charge in [0.15, 0.2) is 0 Å². The lowest BCUT2D eigenvalue weighted by molar-refractivity contribution is 0.0954. The molecule has 1 N–H and O–H groups in total. The van der Waals surface area contributed by atoms with Crippen LogP contribution in [0.25, 0.3) is 0 Å². The molecule has 0 atom stereocenters. The molecule has 110 valence electrons. The molecule has 0 aromatic heterocycles. The van der Waals surface area contributed by atoms with Crippen LogP contribution in [-0.2, 0) is 6.42 Å². The van der Waals surface area contributed by atoms with Crippen LogP contribution in [0.5, 0.6) is 5.75 Å². The summed E-state index contributed by atoms with van der Waals surface area (Å²) in [6.07, 6.45) is 0.824. The number of halogens is 1. The molecule has 2 rings (SSSR count). The van der Waals surface area contributed by atoms with E-state index >= 15 is 0 Å². The van der Waals surface area contributed by atoms with Crippen LogP contribution in [0.2, 0.25) is 0 Å². The van der Waals surface area contributed by atoms with Crippen molar-refractivity contribution in [2.75, 3.05) is 13.2 Å². The first-order valence-corrected chi connectivity index (χ1v) is 7.74. The molecular weight excluding hydrogens is 330 g/mol. The number of amides is 1. The molecule has 0 unspecified atom stereocenters. The standard InChI is InChI=1S/C17H18BrNO2/c1-2-21-16-9-8-14(12-15(16)18)17(20)19-11-10-13-6-4-3-5-7-13/h3-9,12H,2,10-11H2,1H3,(H,19,20). The number of hydrogen-bond acceptors (Lipinski definition) is 2. The average Bonchev–Trinajstić information content (AvgIpc) is 2.50. The number of carbonyl (C=O) groups is 1. The second-order valence-electron chi connectivity index (χ2n) is 4.57. The molecule has 0 fully saturated rings. The van der Waals surface area contributed by atoms with E-state index in [2.05, 4.69) is 33.4 Å². The maximum Gasteiger partial charge on any atom is 0.251 e. The molecule has 2 aromatic carbocycles. The average molecular weight is 348 g/mol. The van der Waals surface area contributed by atoms with Crippen molar-refractivity contribution >= 4 is 21.8 Å². The molecule has 0 aliphatic carbocycles. The van der Waals surface area contributed by atoms with Crippen molar-refractivity contribution in [3.8, 4) is 5.75 Å². The van der Waals surface area contributed by atoms with E-state index in [0.717, 1.165) is 16.6 Å². The molecule has 0 spiro atoms. The molecule has 0 radical (unpaired) electrons. The lowest BCUT2D eigenvalue weighted by Crippen LogP contribution is -2.25. The van der Waals surface area contributed by atoms with E-state index in [4.69, 9.17) is 4.74 Å². The van der Waals surface area contributed by atoms with Gasteiger partial charge in [-0.15, -0.1) is 0 Å². The second kappa shape index (κ2) is 7.84. The van der Waals surface area contributed by atoms with Gasteiger partial charge in [0.1, 0.15) is 5.75 Å². The minimum atomic E-state index is -0.0744. The van der Waals surface area contributed by atoms with Crippen LogP contribution in [0.3, 0.4) is 0 Å². The fourth-order valence-electron chi connectivity index (χ4n) is 1.98. The highest BCUT2D eigenvalue weighted by Crippen LogP contribution is 2.25. The van der Waals surface area contributed by atoms with Crippen molar-refractivity contribution in [3.05, 3.63) is 64.1 Å². The maximum absolute atomic E-state index is 12.1. The topological polar surface area (TPSA) is 38.3 Å². The number of hydrogen-bond donors (Lipinski definition) is 1. The van der Waals surface area contributed by atoms with Gasteiger partial charge in [0.2, 0.25) is 0 Å². The van der Waals surface area contributed by atoms with E-state index in [9.17, 15) is 4.79 Å². The van der Waals surface area contributed by atoms with Crippen LogP contribution in [0.4, 0.5) is 0 Å². The van der Waals surface area contributed by atoms with Gasteiger partial charge in [0, 0.05) is 12.1 Å². The summed E-state index contributed by atoms with van der Waals surface area (Å²) in [6.45, 7) is 3.14. The molecule has 2 aromatic rings. The Morgan fingerprint density at radius 1 is 1.19 bits per heavy atom. The van der Waals surface area contributed by atoms with Gasteiger partial charge in [-0.1, -0.05) is 30.3 Å². The fourth-order valence-corrected chi connectivity index (χ4v) is 2.47. The van der Waals surface area contributed by atoms with E-state index in [-0.39, 0.29) is 5.91 Å². The third-order valence-corrected chi connectivity index (χ3v) is 3.66. The quantitative estimate of drug-likeness (QED) is 0.862. The smallest absolute Gasteiger partial charge is 0.251 e. The Morgan fingerprint density at radius 3 is 2.62 bits per heavy atom. The normalized spacial score (nSPS) is 10.2. The summed E-state index contributed by atoms with van der Waals surface area (Å²) in [5.74, 6) is 0.674. The molecule has 0 heterocycles. The highest BCUT2D eigenvalue weighted by atomic mass is 79.9. The van der Waals surface area contributed by atoms with Crippen LogP contribution in [0.15, 0.2) is 53.0 Å². The minimum Gasteiger partial charge on any atom is -0.493 e. The molecular formula is C17H18BrNO2. The predicted molar refractivity (Wildman–Crippen MR) is 87.8 cm³/mol. The maximum atomic E-state index is 12.1. The first kappa shape index (κ1) is 15.6.